The molecule has 1 aliphatic carbocycles. The minimum absolute atomic E-state index is 0.0850. The van der Waals surface area contributed by atoms with Crippen LogP contribution in [0, 0.1) is 29.1 Å². The number of sulfone groups is 1. The van der Waals surface area contributed by atoms with Gasteiger partial charge in [-0.2, -0.15) is 0 Å². The molecule has 9 nitrogen and oxygen atoms in total. The first-order valence-electron chi connectivity index (χ1n) is 18.2. The number of nitrogens with zero attached hydrogens (tertiary/aromatic N) is 1. The number of ether oxygens (including phenoxy) is 1. The van der Waals surface area contributed by atoms with Crippen LogP contribution in [0.4, 0.5) is 0 Å². The van der Waals surface area contributed by atoms with Crippen molar-refractivity contribution >= 4 is 51.7 Å². The summed E-state index contributed by atoms with van der Waals surface area (Å²) in [7, 11) is -6.53. The maximum absolute atomic E-state index is 13.3. The Labute approximate surface area is 318 Å². The van der Waals surface area contributed by atoms with E-state index in [0.717, 1.165) is 42.4 Å². The molecule has 0 radical (unpaired) electrons. The zero-order valence-corrected chi connectivity index (χ0v) is 33.8. The number of hydroxylamine groups is 1. The fraction of sp³-hybridized carbons (Fsp3) is 0.463. The van der Waals surface area contributed by atoms with Crippen LogP contribution < -0.4 is 15.9 Å². The standard InChI is InChI=1S/C41H48N2O7S2Si/c1-39(2,3)53(33-17-8-6-9-18-33,34-19-10-7-11-20-34)49-30-41(23-24-41)22-14-12-16-32-28-31-29-43(37(44)36(31)51-32)26-25-40(4,52(5,46)47)38(45)42-50-35-21-13-15-27-48-35/h6-11,17-20,28,35H,13,15,21,23-27,29-30H2,1-5H3,(H,42,45). The lowest BCUT2D eigenvalue weighted by Gasteiger charge is -2.43. The van der Waals surface area contributed by atoms with Crippen LogP contribution in [0.3, 0.4) is 0 Å². The largest absolute Gasteiger partial charge is 0.406 e. The van der Waals surface area contributed by atoms with E-state index in [1.807, 2.05) is 18.2 Å². The van der Waals surface area contributed by atoms with Crippen LogP contribution in [0.5, 0.6) is 0 Å². The van der Waals surface area contributed by atoms with Gasteiger partial charge in [0.05, 0.1) is 21.8 Å². The maximum Gasteiger partial charge on any atom is 0.264 e. The SMILES string of the molecule is CC(C)(C)[Si](OCC1(C#CC#Cc2cc3c(s2)C(=O)N(CCC(C)(C(=O)NOC2CCCCO2)S(C)(=O)=O)C3)CC1)(c1ccccc1)c1ccccc1. The van der Waals surface area contributed by atoms with Gasteiger partial charge in [-0.25, -0.2) is 18.7 Å². The molecule has 1 aromatic heterocycles. The first-order chi connectivity index (χ1) is 25.2. The molecule has 53 heavy (non-hydrogen) atoms. The van der Waals surface area contributed by atoms with Crippen LogP contribution in [-0.4, -0.2) is 70.5 Å². The molecule has 2 atom stereocenters. The van der Waals surface area contributed by atoms with Crippen LogP contribution in [-0.2, 0) is 35.2 Å². The number of carbonyl (C=O) groups is 2. The molecule has 6 rings (SSSR count). The van der Waals surface area contributed by atoms with Crippen molar-refractivity contribution in [2.75, 3.05) is 26.0 Å². The van der Waals surface area contributed by atoms with E-state index in [1.165, 1.54) is 28.6 Å². The summed E-state index contributed by atoms with van der Waals surface area (Å²) in [5.74, 6) is 11.7. The van der Waals surface area contributed by atoms with E-state index in [2.05, 4.69) is 98.5 Å². The monoisotopic (exact) mass is 772 g/mol. The van der Waals surface area contributed by atoms with Crippen LogP contribution in [0.15, 0.2) is 66.7 Å². The number of carbonyl (C=O) groups excluding carboxylic acids is 2. The van der Waals surface area contributed by atoms with Gasteiger partial charge in [0, 0.05) is 32.4 Å². The van der Waals surface area contributed by atoms with Gasteiger partial charge in [-0.3, -0.25) is 9.59 Å². The van der Waals surface area contributed by atoms with Crippen molar-refractivity contribution in [2.24, 2.45) is 5.41 Å². The number of nitrogens with one attached hydrogen (secondary N) is 1. The molecule has 1 saturated carbocycles. The van der Waals surface area contributed by atoms with Gasteiger partial charge in [-0.15, -0.1) is 11.3 Å². The molecule has 2 unspecified atom stereocenters. The molecule has 1 saturated heterocycles. The van der Waals surface area contributed by atoms with Gasteiger partial charge in [0.1, 0.15) is 0 Å². The maximum atomic E-state index is 13.3. The van der Waals surface area contributed by atoms with Crippen molar-refractivity contribution in [1.82, 2.24) is 10.4 Å². The van der Waals surface area contributed by atoms with Crippen molar-refractivity contribution in [3.05, 3.63) is 82.0 Å². The van der Waals surface area contributed by atoms with Gasteiger partial charge >= 0.3 is 0 Å². The molecule has 3 aromatic rings. The second kappa shape index (κ2) is 15.5. The summed E-state index contributed by atoms with van der Waals surface area (Å²) in [6.45, 7) is 9.63. The van der Waals surface area contributed by atoms with Gasteiger partial charge in [0.15, 0.2) is 20.9 Å². The second-order valence-electron chi connectivity index (χ2n) is 15.5. The quantitative estimate of drug-likeness (QED) is 0.154. The normalized spacial score (nSPS) is 19.2. The lowest BCUT2D eigenvalue weighted by atomic mass is 10.1. The lowest BCUT2D eigenvalue weighted by Crippen LogP contribution is -2.67. The second-order valence-corrected chi connectivity index (χ2v) is 23.3. The van der Waals surface area contributed by atoms with E-state index in [4.69, 9.17) is 14.0 Å². The van der Waals surface area contributed by atoms with Crippen LogP contribution >= 0.6 is 11.3 Å². The summed E-state index contributed by atoms with van der Waals surface area (Å²) in [5, 5.41) is 2.36. The van der Waals surface area contributed by atoms with Crippen molar-refractivity contribution in [3.63, 3.8) is 0 Å². The molecule has 2 amide bonds. The predicted molar refractivity (Wildman–Crippen MR) is 210 cm³/mol. The average Bonchev–Trinajstić information content (AvgIpc) is 3.70. The minimum Gasteiger partial charge on any atom is -0.406 e. The molecular formula is C41H48N2O7S2Si. The highest BCUT2D eigenvalue weighted by Crippen LogP contribution is 2.47. The molecule has 1 N–H and O–H groups in total. The van der Waals surface area contributed by atoms with Gasteiger partial charge in [-0.05, 0) is 83.8 Å². The van der Waals surface area contributed by atoms with Crippen LogP contribution in [0.25, 0.3) is 0 Å². The first kappa shape index (κ1) is 39.0. The zero-order chi connectivity index (χ0) is 37.9. The average molecular weight is 773 g/mol. The Morgan fingerprint density at radius 3 is 2.25 bits per heavy atom. The molecule has 12 heteroatoms. The topological polar surface area (TPSA) is 111 Å². The van der Waals surface area contributed by atoms with Gasteiger partial charge in [0.25, 0.3) is 20.1 Å². The fourth-order valence-electron chi connectivity index (χ4n) is 6.96. The highest BCUT2D eigenvalue weighted by molar-refractivity contribution is 7.92. The molecule has 2 aromatic carbocycles. The highest BCUT2D eigenvalue weighted by Gasteiger charge is 2.53. The first-order valence-corrected chi connectivity index (χ1v) is 22.8. The predicted octanol–water partition coefficient (Wildman–Crippen LogP) is 5.18. The van der Waals surface area contributed by atoms with Crippen molar-refractivity contribution in [3.8, 4) is 23.7 Å². The number of hydrogen-bond acceptors (Lipinski definition) is 8. The number of rotatable bonds is 12. The molecule has 3 heterocycles. The lowest BCUT2D eigenvalue weighted by molar-refractivity contribution is -0.201. The van der Waals surface area contributed by atoms with E-state index in [9.17, 15) is 18.0 Å². The fourth-order valence-corrected chi connectivity index (χ4v) is 13.4. The Hall–Kier alpha value is -3.75. The summed E-state index contributed by atoms with van der Waals surface area (Å²) in [6.07, 6.45) is 4.66. The Balaban J connectivity index is 1.09. The van der Waals surface area contributed by atoms with E-state index < -0.39 is 35.1 Å². The molecule has 0 bridgehead atoms. The van der Waals surface area contributed by atoms with E-state index in [1.54, 1.807) is 4.90 Å². The van der Waals surface area contributed by atoms with Crippen LogP contribution in [0.1, 0.15) is 86.3 Å². The van der Waals surface area contributed by atoms with Crippen molar-refractivity contribution < 1.29 is 32.0 Å². The number of thiophene rings is 1. The summed E-state index contributed by atoms with van der Waals surface area (Å²) >= 11 is 1.30. The Bertz CT molecular complexity index is 2010. The van der Waals surface area contributed by atoms with Gasteiger partial charge in [0.2, 0.25) is 0 Å². The van der Waals surface area contributed by atoms with Gasteiger partial charge < -0.3 is 14.1 Å². The third kappa shape index (κ3) is 8.34. The zero-order valence-electron chi connectivity index (χ0n) is 31.1. The number of amides is 2. The molecule has 3 aliphatic rings. The van der Waals surface area contributed by atoms with E-state index in [0.29, 0.717) is 31.1 Å². The summed E-state index contributed by atoms with van der Waals surface area (Å²) < 4.78 is 36.4. The molecule has 2 fully saturated rings. The van der Waals surface area contributed by atoms with Crippen LogP contribution in [0.2, 0.25) is 5.04 Å². The number of hydrogen-bond donors (Lipinski definition) is 1. The highest BCUT2D eigenvalue weighted by atomic mass is 32.2. The Morgan fingerprint density at radius 2 is 1.70 bits per heavy atom. The third-order valence-electron chi connectivity index (χ3n) is 10.6. The van der Waals surface area contributed by atoms with Gasteiger partial charge in [-0.1, -0.05) is 87.4 Å². The van der Waals surface area contributed by atoms with Crippen molar-refractivity contribution in [2.45, 2.75) is 88.8 Å². The number of fused-ring (bicyclic) bond motifs is 1. The summed E-state index contributed by atoms with van der Waals surface area (Å²) in [5.41, 5.74) is 2.90. The third-order valence-corrected chi connectivity index (χ3v) is 18.7. The minimum atomic E-state index is -3.85. The Kier molecular flexibility index (Phi) is 11.4. The summed E-state index contributed by atoms with van der Waals surface area (Å²) in [6, 6.07) is 23.1. The van der Waals surface area contributed by atoms with Crippen molar-refractivity contribution in [1.29, 1.82) is 0 Å². The van der Waals surface area contributed by atoms with E-state index >= 15 is 0 Å². The Morgan fingerprint density at radius 1 is 1.04 bits per heavy atom. The number of benzene rings is 2. The molecule has 280 valence electrons. The van der Waals surface area contributed by atoms with E-state index in [-0.39, 0.29) is 29.3 Å². The molecular weight excluding hydrogens is 725 g/mol. The smallest absolute Gasteiger partial charge is 0.264 e. The molecule has 2 aliphatic heterocycles. The summed E-state index contributed by atoms with van der Waals surface area (Å²) in [4.78, 5) is 34.7. The molecule has 0 spiro atoms.